The van der Waals surface area contributed by atoms with Crippen molar-refractivity contribution in [2.75, 3.05) is 13.2 Å². The Hall–Kier alpha value is -3.02. The molecule has 2 aromatic heterocycles. The predicted molar refractivity (Wildman–Crippen MR) is 95.3 cm³/mol. The van der Waals surface area contributed by atoms with Crippen LogP contribution in [0.15, 0.2) is 33.3 Å². The number of hydrogen-bond acceptors (Lipinski definition) is 8. The summed E-state index contributed by atoms with van der Waals surface area (Å²) in [6.45, 7) is 0.379. The number of aromatic nitrogens is 5. The highest BCUT2D eigenvalue weighted by atomic mass is 79.9. The summed E-state index contributed by atoms with van der Waals surface area (Å²) >= 11 is 3.30. The van der Waals surface area contributed by atoms with Crippen LogP contribution >= 0.6 is 15.9 Å². The number of unbranched alkanes of at least 4 members (excludes halogenated alkanes) is 1. The first-order chi connectivity index (χ1) is 13.5. The van der Waals surface area contributed by atoms with Crippen LogP contribution < -0.4 is 9.47 Å². The molecule has 0 aliphatic rings. The number of halogens is 2. The Bertz CT molecular complexity index is 947. The Morgan fingerprint density at radius 3 is 2.82 bits per heavy atom. The van der Waals surface area contributed by atoms with E-state index in [4.69, 9.17) is 19.1 Å². The average molecular weight is 456 g/mol. The molecule has 0 saturated heterocycles. The van der Waals surface area contributed by atoms with Crippen molar-refractivity contribution in [2.45, 2.75) is 19.4 Å². The van der Waals surface area contributed by atoms with Crippen molar-refractivity contribution in [3.8, 4) is 23.2 Å². The molecular weight excluding hydrogens is 441 g/mol. The summed E-state index contributed by atoms with van der Waals surface area (Å²) in [5, 5.41) is 23.6. The number of carboxylic acids is 1. The van der Waals surface area contributed by atoms with Crippen LogP contribution in [0, 0.1) is 5.82 Å². The van der Waals surface area contributed by atoms with Crippen LogP contribution in [0.3, 0.4) is 0 Å². The van der Waals surface area contributed by atoms with Gasteiger partial charge in [-0.25, -0.2) is 4.39 Å². The Balaban J connectivity index is 1.39. The number of rotatable bonds is 10. The normalized spacial score (nSPS) is 10.8. The summed E-state index contributed by atoms with van der Waals surface area (Å²) in [5.41, 5.74) is 0. The number of nitrogens with zero attached hydrogens (tertiary/aromatic N) is 5. The zero-order valence-corrected chi connectivity index (χ0v) is 16.0. The van der Waals surface area contributed by atoms with E-state index in [1.54, 1.807) is 6.07 Å². The molecule has 0 spiro atoms. The molecule has 0 amide bonds. The summed E-state index contributed by atoms with van der Waals surface area (Å²) in [6.07, 6.45) is 1.38. The molecule has 0 saturated carbocycles. The molecule has 0 aliphatic carbocycles. The highest BCUT2D eigenvalue weighted by Crippen LogP contribution is 2.25. The number of ether oxygens (including phenoxy) is 2. The lowest BCUT2D eigenvalue weighted by molar-refractivity contribution is -0.138. The van der Waals surface area contributed by atoms with Gasteiger partial charge in [-0.05, 0) is 51.3 Å². The first kappa shape index (κ1) is 19.7. The van der Waals surface area contributed by atoms with E-state index in [1.165, 1.54) is 18.2 Å². The highest BCUT2D eigenvalue weighted by molar-refractivity contribution is 9.10. The van der Waals surface area contributed by atoms with Crippen molar-refractivity contribution in [2.24, 2.45) is 0 Å². The van der Waals surface area contributed by atoms with Crippen molar-refractivity contribution >= 4 is 21.9 Å². The fraction of sp³-hybridized carbons (Fsp3) is 0.312. The predicted octanol–water partition coefficient (Wildman–Crippen LogP) is 2.55. The topological polar surface area (TPSA) is 125 Å². The summed E-state index contributed by atoms with van der Waals surface area (Å²) in [5.74, 6) is -0.424. The monoisotopic (exact) mass is 455 g/mol. The minimum Gasteiger partial charge on any atom is -0.492 e. The molecule has 3 aromatic rings. The Morgan fingerprint density at radius 1 is 1.25 bits per heavy atom. The molecule has 0 bridgehead atoms. The number of aliphatic carboxylic acids is 1. The second-order valence-electron chi connectivity index (χ2n) is 5.55. The quantitative estimate of drug-likeness (QED) is 0.458. The molecule has 0 aliphatic heterocycles. The van der Waals surface area contributed by atoms with Crippen LogP contribution in [0.1, 0.15) is 12.8 Å². The van der Waals surface area contributed by atoms with Gasteiger partial charge in [0.05, 0.1) is 23.8 Å². The maximum atomic E-state index is 13.2. The second kappa shape index (κ2) is 9.26. The van der Waals surface area contributed by atoms with E-state index in [0.717, 1.165) is 4.80 Å². The van der Waals surface area contributed by atoms with E-state index in [1.807, 2.05) is 0 Å². The van der Waals surface area contributed by atoms with Crippen LogP contribution in [0.5, 0.6) is 11.6 Å². The van der Waals surface area contributed by atoms with Crippen LogP contribution in [-0.2, 0) is 11.3 Å². The lowest BCUT2D eigenvalue weighted by atomic mass is 10.3. The minimum atomic E-state index is -1.08. The Morgan fingerprint density at radius 2 is 2.04 bits per heavy atom. The summed E-state index contributed by atoms with van der Waals surface area (Å²) in [7, 11) is 0. The van der Waals surface area contributed by atoms with Gasteiger partial charge in [-0.2, -0.15) is 4.80 Å². The van der Waals surface area contributed by atoms with Crippen LogP contribution in [0.25, 0.3) is 11.6 Å². The highest BCUT2D eigenvalue weighted by Gasteiger charge is 2.14. The van der Waals surface area contributed by atoms with Crippen molar-refractivity contribution in [3.63, 3.8) is 0 Å². The summed E-state index contributed by atoms with van der Waals surface area (Å²) in [6, 6.07) is 5.74. The van der Waals surface area contributed by atoms with E-state index in [9.17, 15) is 9.18 Å². The number of hydrogen-bond donors (Lipinski definition) is 1. The van der Waals surface area contributed by atoms with E-state index < -0.39 is 12.5 Å². The summed E-state index contributed by atoms with van der Waals surface area (Å²) in [4.78, 5) is 11.5. The average Bonchev–Trinajstić information content (AvgIpc) is 3.29. The molecule has 3 rings (SSSR count). The Kier molecular flexibility index (Phi) is 6.53. The number of tetrazole rings is 1. The fourth-order valence-electron chi connectivity index (χ4n) is 2.11. The SMILES string of the molecule is O=C(O)Cn1nnc(-c2cc(OCCCCOc3cc(F)ccc3Br)no2)n1. The lowest BCUT2D eigenvalue weighted by Gasteiger charge is -2.08. The van der Waals surface area contributed by atoms with Gasteiger partial charge in [-0.1, -0.05) is 0 Å². The van der Waals surface area contributed by atoms with Gasteiger partial charge < -0.3 is 19.1 Å². The van der Waals surface area contributed by atoms with Gasteiger partial charge in [0.2, 0.25) is 11.6 Å². The number of benzene rings is 1. The van der Waals surface area contributed by atoms with Crippen molar-refractivity contribution in [1.29, 1.82) is 0 Å². The first-order valence-electron chi connectivity index (χ1n) is 8.18. The van der Waals surface area contributed by atoms with Crippen molar-refractivity contribution in [1.82, 2.24) is 25.4 Å². The van der Waals surface area contributed by atoms with Crippen LogP contribution in [-0.4, -0.2) is 49.7 Å². The van der Waals surface area contributed by atoms with E-state index in [2.05, 4.69) is 36.5 Å². The molecule has 10 nitrogen and oxygen atoms in total. The Labute approximate surface area is 166 Å². The maximum Gasteiger partial charge on any atom is 0.327 e. The van der Waals surface area contributed by atoms with E-state index in [-0.39, 0.29) is 23.3 Å². The van der Waals surface area contributed by atoms with Gasteiger partial charge in [-0.15, -0.1) is 10.2 Å². The second-order valence-corrected chi connectivity index (χ2v) is 6.40. The third kappa shape index (κ3) is 5.49. The van der Waals surface area contributed by atoms with Gasteiger partial charge in [0.15, 0.2) is 6.54 Å². The molecular formula is C16H15BrFN5O5. The smallest absolute Gasteiger partial charge is 0.327 e. The molecule has 0 unspecified atom stereocenters. The third-order valence-electron chi connectivity index (χ3n) is 3.38. The largest absolute Gasteiger partial charge is 0.492 e. The molecule has 1 N–H and O–H groups in total. The molecule has 12 heteroatoms. The van der Waals surface area contributed by atoms with E-state index >= 15 is 0 Å². The molecule has 148 valence electrons. The lowest BCUT2D eigenvalue weighted by Crippen LogP contribution is -2.11. The molecule has 28 heavy (non-hydrogen) atoms. The number of carboxylic acid groups (broad SMARTS) is 1. The van der Waals surface area contributed by atoms with Gasteiger partial charge in [0.25, 0.3) is 5.88 Å². The van der Waals surface area contributed by atoms with Gasteiger partial charge in [0.1, 0.15) is 11.6 Å². The fourth-order valence-corrected chi connectivity index (χ4v) is 2.47. The van der Waals surface area contributed by atoms with Gasteiger partial charge in [-0.3, -0.25) is 4.79 Å². The standard InChI is InChI=1S/C16H15BrFN5O5/c17-11-4-3-10(18)7-12(11)26-5-1-2-6-27-14-8-13(28-21-14)16-19-22-23(20-16)9-15(24)25/h3-4,7-8H,1-2,5-6,9H2,(H,24,25). The molecule has 2 heterocycles. The first-order valence-corrected chi connectivity index (χ1v) is 8.98. The summed E-state index contributed by atoms with van der Waals surface area (Å²) < 4.78 is 29.9. The van der Waals surface area contributed by atoms with Crippen LogP contribution in [0.2, 0.25) is 0 Å². The molecule has 0 radical (unpaired) electrons. The molecule has 0 atom stereocenters. The zero-order valence-electron chi connectivity index (χ0n) is 14.4. The van der Waals surface area contributed by atoms with Gasteiger partial charge in [0, 0.05) is 6.07 Å². The zero-order chi connectivity index (χ0) is 19.9. The van der Waals surface area contributed by atoms with Crippen molar-refractivity contribution < 1.29 is 28.3 Å². The van der Waals surface area contributed by atoms with Gasteiger partial charge >= 0.3 is 5.97 Å². The molecule has 1 aromatic carbocycles. The van der Waals surface area contributed by atoms with E-state index in [0.29, 0.717) is 36.3 Å². The third-order valence-corrected chi connectivity index (χ3v) is 4.03. The number of carbonyl (C=O) groups is 1. The van der Waals surface area contributed by atoms with Crippen LogP contribution in [0.4, 0.5) is 4.39 Å². The van der Waals surface area contributed by atoms with Crippen molar-refractivity contribution in [3.05, 3.63) is 34.6 Å². The molecule has 0 fully saturated rings. The minimum absolute atomic E-state index is 0.109. The maximum absolute atomic E-state index is 13.2.